The Bertz CT molecular complexity index is 263. The molecule has 0 atom stereocenters. The van der Waals surface area contributed by atoms with Crippen LogP contribution in [0.15, 0.2) is 4.52 Å². The number of carbonyl (C=O) groups is 1. The first kappa shape index (κ1) is 6.99. The van der Waals surface area contributed by atoms with Crippen LogP contribution in [-0.4, -0.2) is 10.9 Å². The van der Waals surface area contributed by atoms with Gasteiger partial charge in [-0.25, -0.2) is 0 Å². The minimum atomic E-state index is -0.0712. The molecule has 0 aliphatic rings. The molecule has 0 spiro atoms. The van der Waals surface area contributed by atoms with Gasteiger partial charge in [0.25, 0.3) is 0 Å². The second-order valence-corrected chi connectivity index (χ2v) is 2.28. The number of ketones is 1. The largest absolute Gasteiger partial charge is 0.353 e. The lowest BCUT2D eigenvalue weighted by Crippen LogP contribution is -1.91. The first-order valence-corrected chi connectivity index (χ1v) is 3.06. The lowest BCUT2D eigenvalue weighted by Gasteiger charge is -1.86. The Morgan fingerprint density at radius 2 is 2.10 bits per heavy atom. The molecule has 1 rings (SSSR count). The van der Waals surface area contributed by atoms with Crippen molar-refractivity contribution in [2.45, 2.75) is 20.8 Å². The first-order chi connectivity index (χ1) is 4.63. The van der Waals surface area contributed by atoms with Crippen LogP contribution in [0.25, 0.3) is 0 Å². The van der Waals surface area contributed by atoms with Crippen LogP contribution in [0.4, 0.5) is 0 Å². The third kappa shape index (κ3) is 0.943. The molecule has 0 radical (unpaired) electrons. The van der Waals surface area contributed by atoms with Gasteiger partial charge in [0.2, 0.25) is 5.76 Å². The van der Waals surface area contributed by atoms with Crippen LogP contribution in [0.5, 0.6) is 0 Å². The molecule has 0 N–H and O–H groups in total. The van der Waals surface area contributed by atoms with Crippen molar-refractivity contribution in [1.82, 2.24) is 5.16 Å². The Morgan fingerprint density at radius 3 is 2.30 bits per heavy atom. The molecule has 0 unspecified atom stereocenters. The number of carbonyl (C=O) groups excluding carboxylic acids is 1. The molecule has 0 aliphatic heterocycles. The minimum absolute atomic E-state index is 0.0712. The number of hydrogen-bond donors (Lipinski definition) is 0. The maximum atomic E-state index is 10.7. The Hall–Kier alpha value is -1.12. The topological polar surface area (TPSA) is 43.1 Å². The van der Waals surface area contributed by atoms with Crippen molar-refractivity contribution in [2.75, 3.05) is 0 Å². The van der Waals surface area contributed by atoms with E-state index in [1.54, 1.807) is 0 Å². The van der Waals surface area contributed by atoms with Crippen molar-refractivity contribution in [2.24, 2.45) is 0 Å². The van der Waals surface area contributed by atoms with Crippen LogP contribution in [0.1, 0.15) is 28.7 Å². The predicted molar refractivity (Wildman–Crippen MR) is 36.0 cm³/mol. The molecular weight excluding hydrogens is 130 g/mol. The zero-order chi connectivity index (χ0) is 7.72. The molecule has 0 saturated carbocycles. The van der Waals surface area contributed by atoms with Crippen molar-refractivity contribution in [3.63, 3.8) is 0 Å². The lowest BCUT2D eigenvalue weighted by molar-refractivity contribution is 0.0977. The third-order valence-corrected chi connectivity index (χ3v) is 1.48. The second kappa shape index (κ2) is 2.25. The van der Waals surface area contributed by atoms with Crippen molar-refractivity contribution in [3.8, 4) is 0 Å². The summed E-state index contributed by atoms with van der Waals surface area (Å²) < 4.78 is 4.76. The molecular formula is C7H9NO2. The van der Waals surface area contributed by atoms with E-state index in [1.807, 2.05) is 13.8 Å². The summed E-state index contributed by atoms with van der Waals surface area (Å²) in [5, 5.41) is 3.64. The molecule has 1 aromatic rings. The molecule has 0 bridgehead atoms. The summed E-state index contributed by atoms with van der Waals surface area (Å²) in [6.45, 7) is 5.10. The summed E-state index contributed by atoms with van der Waals surface area (Å²) in [5.74, 6) is 0.301. The summed E-state index contributed by atoms with van der Waals surface area (Å²) in [5.41, 5.74) is 1.62. The summed E-state index contributed by atoms with van der Waals surface area (Å²) in [4.78, 5) is 10.7. The number of hydrogen-bond acceptors (Lipinski definition) is 3. The standard InChI is InChI=1S/C7H9NO2/c1-4-5(2)8-10-7(4)6(3)9/h1-3H3. The Balaban J connectivity index is 3.17. The van der Waals surface area contributed by atoms with Gasteiger partial charge in [-0.3, -0.25) is 4.79 Å². The van der Waals surface area contributed by atoms with Crippen molar-refractivity contribution in [3.05, 3.63) is 17.0 Å². The van der Waals surface area contributed by atoms with Crippen molar-refractivity contribution < 1.29 is 9.32 Å². The third-order valence-electron chi connectivity index (χ3n) is 1.48. The molecule has 3 nitrogen and oxygen atoms in total. The summed E-state index contributed by atoms with van der Waals surface area (Å²) in [6.07, 6.45) is 0. The average molecular weight is 139 g/mol. The maximum Gasteiger partial charge on any atom is 0.205 e. The quantitative estimate of drug-likeness (QED) is 0.553. The summed E-state index contributed by atoms with van der Waals surface area (Å²) >= 11 is 0. The lowest BCUT2D eigenvalue weighted by atomic mass is 10.2. The van der Waals surface area contributed by atoms with Gasteiger partial charge in [-0.2, -0.15) is 0 Å². The van der Waals surface area contributed by atoms with E-state index in [-0.39, 0.29) is 5.78 Å². The SMILES string of the molecule is CC(=O)c1onc(C)c1C. The van der Waals surface area contributed by atoms with E-state index in [4.69, 9.17) is 4.52 Å². The fourth-order valence-corrected chi connectivity index (χ4v) is 0.744. The zero-order valence-electron chi connectivity index (χ0n) is 6.26. The predicted octanol–water partition coefficient (Wildman–Crippen LogP) is 1.49. The van der Waals surface area contributed by atoms with Crippen LogP contribution in [0, 0.1) is 13.8 Å². The molecule has 0 aromatic carbocycles. The van der Waals surface area contributed by atoms with E-state index in [2.05, 4.69) is 5.16 Å². The molecule has 0 amide bonds. The molecule has 0 saturated heterocycles. The second-order valence-electron chi connectivity index (χ2n) is 2.28. The number of aryl methyl sites for hydroxylation is 1. The van der Waals surface area contributed by atoms with Crippen LogP contribution >= 0.6 is 0 Å². The van der Waals surface area contributed by atoms with Gasteiger partial charge in [0.15, 0.2) is 5.78 Å². The van der Waals surface area contributed by atoms with Gasteiger partial charge in [-0.05, 0) is 13.8 Å². The maximum absolute atomic E-state index is 10.7. The number of rotatable bonds is 1. The Labute approximate surface area is 59.0 Å². The van der Waals surface area contributed by atoms with Gasteiger partial charge in [0.05, 0.1) is 5.69 Å². The fraction of sp³-hybridized carbons (Fsp3) is 0.429. The smallest absolute Gasteiger partial charge is 0.205 e. The molecule has 10 heavy (non-hydrogen) atoms. The van der Waals surface area contributed by atoms with Gasteiger partial charge in [0.1, 0.15) is 0 Å². The van der Waals surface area contributed by atoms with Crippen LogP contribution in [0.2, 0.25) is 0 Å². The molecule has 3 heteroatoms. The number of aromatic nitrogens is 1. The van der Waals surface area contributed by atoms with Crippen molar-refractivity contribution >= 4 is 5.78 Å². The fourth-order valence-electron chi connectivity index (χ4n) is 0.744. The number of nitrogens with zero attached hydrogens (tertiary/aromatic N) is 1. The molecule has 1 aromatic heterocycles. The zero-order valence-corrected chi connectivity index (χ0v) is 6.26. The Kier molecular flexibility index (Phi) is 1.57. The molecule has 0 fully saturated rings. The van der Waals surface area contributed by atoms with Crippen LogP contribution < -0.4 is 0 Å². The normalized spacial score (nSPS) is 9.90. The van der Waals surface area contributed by atoms with E-state index in [1.165, 1.54) is 6.92 Å². The first-order valence-electron chi connectivity index (χ1n) is 3.06. The monoisotopic (exact) mass is 139 g/mol. The van der Waals surface area contributed by atoms with Crippen LogP contribution in [0.3, 0.4) is 0 Å². The van der Waals surface area contributed by atoms with E-state index >= 15 is 0 Å². The average Bonchev–Trinajstić information content (AvgIpc) is 2.14. The number of Topliss-reactive ketones (excluding diaryl/α,β-unsaturated/α-hetero) is 1. The Morgan fingerprint density at radius 1 is 1.50 bits per heavy atom. The highest BCUT2D eigenvalue weighted by Crippen LogP contribution is 2.11. The molecule has 54 valence electrons. The summed E-state index contributed by atoms with van der Waals surface area (Å²) in [7, 11) is 0. The molecule has 1 heterocycles. The van der Waals surface area contributed by atoms with Crippen molar-refractivity contribution in [1.29, 1.82) is 0 Å². The van der Waals surface area contributed by atoms with Gasteiger partial charge >= 0.3 is 0 Å². The minimum Gasteiger partial charge on any atom is -0.353 e. The van der Waals surface area contributed by atoms with E-state index in [0.29, 0.717) is 5.76 Å². The van der Waals surface area contributed by atoms with Gasteiger partial charge in [-0.15, -0.1) is 0 Å². The highest BCUT2D eigenvalue weighted by atomic mass is 16.5. The van der Waals surface area contributed by atoms with Gasteiger partial charge < -0.3 is 4.52 Å². The van der Waals surface area contributed by atoms with Gasteiger partial charge in [0, 0.05) is 12.5 Å². The highest BCUT2D eigenvalue weighted by Gasteiger charge is 2.11. The van der Waals surface area contributed by atoms with E-state index in [9.17, 15) is 4.79 Å². The van der Waals surface area contributed by atoms with Gasteiger partial charge in [-0.1, -0.05) is 5.16 Å². The highest BCUT2D eigenvalue weighted by molar-refractivity contribution is 5.92. The summed E-state index contributed by atoms with van der Waals surface area (Å²) in [6, 6.07) is 0. The van der Waals surface area contributed by atoms with Crippen LogP contribution in [-0.2, 0) is 0 Å². The van der Waals surface area contributed by atoms with E-state index in [0.717, 1.165) is 11.3 Å². The molecule has 0 aliphatic carbocycles. The van der Waals surface area contributed by atoms with E-state index < -0.39 is 0 Å².